The lowest BCUT2D eigenvalue weighted by Crippen LogP contribution is -2.48. The maximum atomic E-state index is 13.4. The second kappa shape index (κ2) is 16.1. The van der Waals surface area contributed by atoms with Crippen LogP contribution in [0.1, 0.15) is 77.1 Å². The smallest absolute Gasteiger partial charge is 0.376 e. The fraction of sp³-hybridized carbons (Fsp3) is 0.306. The first-order chi connectivity index (χ1) is 20.1. The monoisotopic (exact) mass is 567 g/mol. The summed E-state index contributed by atoms with van der Waals surface area (Å²) in [5.41, 5.74) is 12.7. The van der Waals surface area contributed by atoms with Gasteiger partial charge in [0.25, 0.3) is 6.04 Å². The molecule has 1 atom stereocenters. The number of pyridine rings is 1. The summed E-state index contributed by atoms with van der Waals surface area (Å²) in [6.07, 6.45) is 13.7. The number of carboxylic acid groups (broad SMARTS) is 1. The van der Waals surface area contributed by atoms with Crippen molar-refractivity contribution in [3.8, 4) is 0 Å². The third kappa shape index (κ3) is 10.2. The Hall–Kier alpha value is -4.45. The Morgan fingerprint density at radius 1 is 0.857 bits per heavy atom. The van der Waals surface area contributed by atoms with E-state index in [0.717, 1.165) is 47.7 Å². The molecule has 1 unspecified atom stereocenters. The quantitative estimate of drug-likeness (QED) is 0.0895. The van der Waals surface area contributed by atoms with Gasteiger partial charge < -0.3 is 15.6 Å². The van der Waals surface area contributed by atoms with Gasteiger partial charge in [0.05, 0.1) is 0 Å². The van der Waals surface area contributed by atoms with E-state index < -0.39 is 24.4 Å². The lowest BCUT2D eigenvalue weighted by molar-refractivity contribution is -0.686. The number of hydrogen-bond acceptors (Lipinski definition) is 4. The average Bonchev–Trinajstić information content (AvgIpc) is 2.95. The molecule has 0 aliphatic rings. The van der Waals surface area contributed by atoms with Crippen molar-refractivity contribution in [1.82, 2.24) is 0 Å². The summed E-state index contributed by atoms with van der Waals surface area (Å²) in [6, 6.07) is 17.8. The van der Waals surface area contributed by atoms with Crippen LogP contribution in [0.3, 0.4) is 0 Å². The Labute approximate surface area is 249 Å². The average molecular weight is 568 g/mol. The van der Waals surface area contributed by atoms with E-state index in [2.05, 4.69) is 32.9 Å². The Balaban J connectivity index is 1.78. The van der Waals surface area contributed by atoms with Crippen molar-refractivity contribution >= 4 is 40.7 Å². The van der Waals surface area contributed by atoms with Gasteiger partial charge in [-0.25, -0.2) is 4.79 Å². The van der Waals surface area contributed by atoms with Crippen LogP contribution >= 0.6 is 0 Å². The molecule has 6 heteroatoms. The molecule has 3 aromatic rings. The normalized spacial score (nSPS) is 12.9. The van der Waals surface area contributed by atoms with Gasteiger partial charge in [0.2, 0.25) is 11.2 Å². The Bertz CT molecular complexity index is 1490. The number of nitrogen functional groups attached to an aromatic ring is 1. The Kier molecular flexibility index (Phi) is 12.3. The van der Waals surface area contributed by atoms with Crippen LogP contribution in [-0.4, -0.2) is 23.7 Å². The maximum absolute atomic E-state index is 13.4. The second-order valence-corrected chi connectivity index (χ2v) is 10.9. The number of rotatable bonds is 14. The number of aliphatic carboxylic acids is 1. The number of carboxylic acids is 1. The first-order valence-corrected chi connectivity index (χ1v) is 14.4. The van der Waals surface area contributed by atoms with E-state index in [1.807, 2.05) is 85.8 Å². The molecule has 0 aliphatic carbocycles. The predicted molar refractivity (Wildman–Crippen MR) is 172 cm³/mol. The zero-order valence-electron chi connectivity index (χ0n) is 25.2. The van der Waals surface area contributed by atoms with Gasteiger partial charge in [-0.05, 0) is 95.4 Å². The summed E-state index contributed by atoms with van der Waals surface area (Å²) < 4.78 is 7.42. The van der Waals surface area contributed by atoms with Crippen LogP contribution in [0.4, 0.5) is 5.69 Å². The summed E-state index contributed by atoms with van der Waals surface area (Å²) in [7, 11) is 0. The molecule has 0 radical (unpaired) electrons. The number of anilines is 1. The second-order valence-electron chi connectivity index (χ2n) is 10.9. The fourth-order valence-corrected chi connectivity index (χ4v) is 4.66. The zero-order valence-corrected chi connectivity index (χ0v) is 25.2. The summed E-state index contributed by atoms with van der Waals surface area (Å²) >= 11 is 0. The lowest BCUT2D eigenvalue weighted by Gasteiger charge is -2.14. The summed E-state index contributed by atoms with van der Waals surface area (Å²) in [5, 5.41) is 10.6. The van der Waals surface area contributed by atoms with E-state index in [-0.39, 0.29) is 6.61 Å². The van der Waals surface area contributed by atoms with Crippen molar-refractivity contribution < 1.29 is 24.0 Å². The Morgan fingerprint density at radius 2 is 1.52 bits per heavy atom. The van der Waals surface area contributed by atoms with E-state index in [1.54, 1.807) is 4.57 Å². The van der Waals surface area contributed by atoms with Gasteiger partial charge in [0.15, 0.2) is 0 Å². The molecular formula is C36H43N2O4+. The number of nitrogens with zero attached hydrogens (tertiary/aromatic N) is 1. The zero-order chi connectivity index (χ0) is 30.5. The first kappa shape index (κ1) is 32.1. The van der Waals surface area contributed by atoms with E-state index in [9.17, 15) is 14.7 Å². The molecule has 3 rings (SSSR count). The molecule has 3 N–H and O–H groups in total. The summed E-state index contributed by atoms with van der Waals surface area (Å²) in [5.74, 6) is -1.66. The predicted octanol–water partition coefficient (Wildman–Crippen LogP) is 7.86. The summed E-state index contributed by atoms with van der Waals surface area (Å²) in [6.45, 7) is 8.50. The first-order valence-electron chi connectivity index (χ1n) is 14.4. The van der Waals surface area contributed by atoms with Crippen LogP contribution in [0.5, 0.6) is 0 Å². The standard InChI is InChI=1S/C36H42N2O4/c1-26(2)9-7-10-27(3)11-8-12-28(4)23-24-42-36(41)34(25-35(39)40)38-32(21-17-29-15-19-31(37)20-16-29)22-18-30-13-5-6-14-33(30)38/h5-6,9,11,13-23,34,37H,7-8,10,12,24-25H2,1-4H3,(H,39,40)/p+1/b27-11+,28-23+. The molecule has 0 spiro atoms. The molecule has 1 heterocycles. The SMILES string of the molecule is CC(C)=CCC/C(C)=C/CC/C(C)=C/COC(=O)C(CC(=O)O)[n+]1c(/C=C/c2ccc(N)cc2)ccc2ccccc21. The Morgan fingerprint density at radius 3 is 2.21 bits per heavy atom. The molecule has 0 amide bonds. The van der Waals surface area contributed by atoms with Crippen molar-refractivity contribution in [3.63, 3.8) is 0 Å². The minimum Gasteiger partial charge on any atom is -0.481 e. The highest BCUT2D eigenvalue weighted by atomic mass is 16.5. The largest absolute Gasteiger partial charge is 0.481 e. The van der Waals surface area contributed by atoms with E-state index >= 15 is 0 Å². The number of para-hydroxylation sites is 1. The third-order valence-electron chi connectivity index (χ3n) is 7.02. The number of nitrogens with two attached hydrogens (primary N) is 1. The van der Waals surface area contributed by atoms with Crippen LogP contribution < -0.4 is 10.3 Å². The molecule has 1 aromatic heterocycles. The number of fused-ring (bicyclic) bond motifs is 1. The molecule has 0 bridgehead atoms. The number of hydrogen-bond donors (Lipinski definition) is 2. The van der Waals surface area contributed by atoms with Gasteiger partial charge in [0, 0.05) is 29.3 Å². The molecule has 6 nitrogen and oxygen atoms in total. The molecule has 0 fully saturated rings. The van der Waals surface area contributed by atoms with Crippen molar-refractivity contribution in [2.45, 2.75) is 65.8 Å². The minimum absolute atomic E-state index is 0.0893. The highest BCUT2D eigenvalue weighted by molar-refractivity contribution is 5.82. The van der Waals surface area contributed by atoms with Crippen LogP contribution in [0, 0.1) is 0 Å². The number of carbonyl (C=O) groups is 2. The van der Waals surface area contributed by atoms with Crippen LogP contribution in [0.2, 0.25) is 0 Å². The molecule has 42 heavy (non-hydrogen) atoms. The number of aromatic nitrogens is 1. The number of benzene rings is 2. The number of allylic oxidation sites excluding steroid dienone is 5. The highest BCUT2D eigenvalue weighted by Gasteiger charge is 2.35. The number of carbonyl (C=O) groups excluding carboxylic acids is 1. The molecule has 0 saturated heterocycles. The van der Waals surface area contributed by atoms with Crippen molar-refractivity contribution in [2.24, 2.45) is 0 Å². The van der Waals surface area contributed by atoms with Gasteiger partial charge in [-0.15, -0.1) is 0 Å². The third-order valence-corrected chi connectivity index (χ3v) is 7.02. The van der Waals surface area contributed by atoms with Crippen molar-refractivity contribution in [3.05, 3.63) is 107 Å². The van der Waals surface area contributed by atoms with Gasteiger partial charge in [-0.1, -0.05) is 53.1 Å². The molecule has 0 aliphatic heterocycles. The van der Waals surface area contributed by atoms with E-state index in [1.165, 1.54) is 11.1 Å². The van der Waals surface area contributed by atoms with Crippen molar-refractivity contribution in [2.75, 3.05) is 12.3 Å². The highest BCUT2D eigenvalue weighted by Crippen LogP contribution is 2.19. The molecular weight excluding hydrogens is 524 g/mol. The van der Waals surface area contributed by atoms with E-state index in [4.69, 9.17) is 10.5 Å². The number of esters is 1. The van der Waals surface area contributed by atoms with Crippen molar-refractivity contribution in [1.29, 1.82) is 0 Å². The van der Waals surface area contributed by atoms with Crippen LogP contribution in [0.15, 0.2) is 95.6 Å². The minimum atomic E-state index is -1.08. The van der Waals surface area contributed by atoms with Gasteiger partial charge in [-0.3, -0.25) is 4.79 Å². The summed E-state index contributed by atoms with van der Waals surface area (Å²) in [4.78, 5) is 25.4. The lowest BCUT2D eigenvalue weighted by atomic mass is 10.1. The topological polar surface area (TPSA) is 93.5 Å². The van der Waals surface area contributed by atoms with Gasteiger partial charge in [-0.2, -0.15) is 4.57 Å². The fourth-order valence-electron chi connectivity index (χ4n) is 4.66. The molecule has 0 saturated carbocycles. The van der Waals surface area contributed by atoms with Gasteiger partial charge in [0.1, 0.15) is 13.0 Å². The van der Waals surface area contributed by atoms with Gasteiger partial charge >= 0.3 is 11.9 Å². The van der Waals surface area contributed by atoms with Crippen LogP contribution in [-0.2, 0) is 14.3 Å². The van der Waals surface area contributed by atoms with E-state index in [0.29, 0.717) is 11.4 Å². The number of ether oxygens (including phenoxy) is 1. The molecule has 2 aromatic carbocycles. The maximum Gasteiger partial charge on any atom is 0.376 e. The molecule has 220 valence electrons. The van der Waals surface area contributed by atoms with Crippen LogP contribution in [0.25, 0.3) is 23.1 Å².